The standard InChI is InChI=1S/C9H13NS/c1-8-5-3-4-6-9(8)10(2)7-11/h3-6,11H,7H2,1-2H3. The minimum absolute atomic E-state index is 0.755. The van der Waals surface area contributed by atoms with Crippen LogP contribution < -0.4 is 4.90 Å². The van der Waals surface area contributed by atoms with Crippen molar-refractivity contribution >= 4 is 18.3 Å². The van der Waals surface area contributed by atoms with Gasteiger partial charge in [-0.2, -0.15) is 12.6 Å². The number of rotatable bonds is 2. The fraction of sp³-hybridized carbons (Fsp3) is 0.333. The van der Waals surface area contributed by atoms with E-state index in [4.69, 9.17) is 0 Å². The zero-order valence-corrected chi connectivity index (χ0v) is 7.81. The van der Waals surface area contributed by atoms with Crippen molar-refractivity contribution in [2.75, 3.05) is 17.8 Å². The molecule has 11 heavy (non-hydrogen) atoms. The molecule has 0 aliphatic rings. The summed E-state index contributed by atoms with van der Waals surface area (Å²) in [6.45, 7) is 2.11. The van der Waals surface area contributed by atoms with Gasteiger partial charge in [0.05, 0.1) is 5.88 Å². The number of nitrogens with zero attached hydrogens (tertiary/aromatic N) is 1. The third-order valence-electron chi connectivity index (χ3n) is 1.74. The van der Waals surface area contributed by atoms with Crippen molar-refractivity contribution in [1.82, 2.24) is 0 Å². The van der Waals surface area contributed by atoms with Gasteiger partial charge in [0.1, 0.15) is 0 Å². The van der Waals surface area contributed by atoms with Gasteiger partial charge in [-0.1, -0.05) is 18.2 Å². The Balaban J connectivity index is 2.93. The molecule has 1 aromatic carbocycles. The Hall–Kier alpha value is -0.630. The molecule has 0 spiro atoms. The maximum atomic E-state index is 4.20. The zero-order chi connectivity index (χ0) is 8.27. The number of hydrogen-bond acceptors (Lipinski definition) is 2. The average molecular weight is 167 g/mol. The SMILES string of the molecule is Cc1ccccc1N(C)CS. The first-order valence-corrected chi connectivity index (χ1v) is 4.26. The molecule has 0 aromatic heterocycles. The van der Waals surface area contributed by atoms with Crippen LogP contribution in [0.4, 0.5) is 5.69 Å². The van der Waals surface area contributed by atoms with Gasteiger partial charge in [-0.25, -0.2) is 0 Å². The molecule has 0 fully saturated rings. The molecule has 60 valence electrons. The van der Waals surface area contributed by atoms with E-state index in [9.17, 15) is 0 Å². The fourth-order valence-corrected chi connectivity index (χ4v) is 1.22. The summed E-state index contributed by atoms with van der Waals surface area (Å²) in [5, 5.41) is 0. The van der Waals surface area contributed by atoms with Crippen LogP contribution in [0, 0.1) is 6.92 Å². The molecule has 0 saturated carbocycles. The molecule has 0 aliphatic heterocycles. The summed E-state index contributed by atoms with van der Waals surface area (Å²) in [6.07, 6.45) is 0. The molecule has 0 N–H and O–H groups in total. The lowest BCUT2D eigenvalue weighted by Crippen LogP contribution is -2.15. The monoisotopic (exact) mass is 167 g/mol. The highest BCUT2D eigenvalue weighted by Crippen LogP contribution is 2.17. The van der Waals surface area contributed by atoms with Gasteiger partial charge in [-0.05, 0) is 18.6 Å². The van der Waals surface area contributed by atoms with Crippen LogP contribution in [0.25, 0.3) is 0 Å². The maximum Gasteiger partial charge on any atom is 0.0607 e. The zero-order valence-electron chi connectivity index (χ0n) is 6.91. The van der Waals surface area contributed by atoms with Crippen LogP contribution in [0.15, 0.2) is 24.3 Å². The van der Waals surface area contributed by atoms with E-state index in [0.29, 0.717) is 0 Å². The van der Waals surface area contributed by atoms with Crippen molar-refractivity contribution in [3.63, 3.8) is 0 Å². The summed E-state index contributed by atoms with van der Waals surface area (Å²) in [6, 6.07) is 8.30. The molecule has 0 aliphatic carbocycles. The first-order chi connectivity index (χ1) is 5.25. The lowest BCUT2D eigenvalue weighted by Gasteiger charge is -2.18. The number of para-hydroxylation sites is 1. The van der Waals surface area contributed by atoms with Crippen molar-refractivity contribution in [3.05, 3.63) is 29.8 Å². The number of anilines is 1. The van der Waals surface area contributed by atoms with Gasteiger partial charge in [-0.15, -0.1) is 0 Å². The van der Waals surface area contributed by atoms with Crippen molar-refractivity contribution in [2.24, 2.45) is 0 Å². The normalized spacial score (nSPS) is 9.73. The Bertz CT molecular complexity index is 235. The van der Waals surface area contributed by atoms with Gasteiger partial charge in [0.25, 0.3) is 0 Å². The van der Waals surface area contributed by atoms with Gasteiger partial charge in [0.2, 0.25) is 0 Å². The molecule has 0 atom stereocenters. The molecule has 1 aromatic rings. The molecule has 0 radical (unpaired) electrons. The predicted octanol–water partition coefficient (Wildman–Crippen LogP) is 2.32. The quantitative estimate of drug-likeness (QED) is 0.522. The minimum atomic E-state index is 0.755. The second-order valence-electron chi connectivity index (χ2n) is 2.63. The molecule has 0 amide bonds. The molecule has 1 rings (SSSR count). The average Bonchev–Trinajstić information content (AvgIpc) is 2.04. The summed E-state index contributed by atoms with van der Waals surface area (Å²) < 4.78 is 0. The predicted molar refractivity (Wildman–Crippen MR) is 53.4 cm³/mol. The molecule has 0 unspecified atom stereocenters. The summed E-state index contributed by atoms with van der Waals surface area (Å²) in [5.74, 6) is 0.755. The largest absolute Gasteiger partial charge is 0.365 e. The Morgan fingerprint density at radius 2 is 2.00 bits per heavy atom. The molecule has 0 heterocycles. The van der Waals surface area contributed by atoms with E-state index in [1.807, 2.05) is 19.2 Å². The fourth-order valence-electron chi connectivity index (χ4n) is 1.07. The van der Waals surface area contributed by atoms with Gasteiger partial charge in [0, 0.05) is 12.7 Å². The lowest BCUT2D eigenvalue weighted by atomic mass is 10.2. The van der Waals surface area contributed by atoms with Gasteiger partial charge < -0.3 is 4.90 Å². The second-order valence-corrected chi connectivity index (χ2v) is 2.91. The third-order valence-corrected chi connectivity index (χ3v) is 2.16. The van der Waals surface area contributed by atoms with Crippen LogP contribution in [0.2, 0.25) is 0 Å². The van der Waals surface area contributed by atoms with E-state index in [0.717, 1.165) is 5.88 Å². The molecule has 1 nitrogen and oxygen atoms in total. The van der Waals surface area contributed by atoms with Crippen molar-refractivity contribution in [1.29, 1.82) is 0 Å². The molecular formula is C9H13NS. The number of benzene rings is 1. The van der Waals surface area contributed by atoms with Crippen LogP contribution in [0.5, 0.6) is 0 Å². The number of aryl methyl sites for hydroxylation is 1. The van der Waals surface area contributed by atoms with Gasteiger partial charge in [0.15, 0.2) is 0 Å². The van der Waals surface area contributed by atoms with E-state index < -0.39 is 0 Å². The maximum absolute atomic E-state index is 4.20. The topological polar surface area (TPSA) is 3.24 Å². The Kier molecular flexibility index (Phi) is 2.83. The van der Waals surface area contributed by atoms with E-state index >= 15 is 0 Å². The highest BCUT2D eigenvalue weighted by atomic mass is 32.1. The van der Waals surface area contributed by atoms with Crippen molar-refractivity contribution < 1.29 is 0 Å². The van der Waals surface area contributed by atoms with Crippen molar-refractivity contribution in [2.45, 2.75) is 6.92 Å². The van der Waals surface area contributed by atoms with Crippen LogP contribution >= 0.6 is 12.6 Å². The summed E-state index contributed by atoms with van der Waals surface area (Å²) >= 11 is 4.20. The molecule has 0 saturated heterocycles. The van der Waals surface area contributed by atoms with Crippen LogP contribution in [0.3, 0.4) is 0 Å². The summed E-state index contributed by atoms with van der Waals surface area (Å²) in [7, 11) is 2.04. The third kappa shape index (κ3) is 1.90. The molecule has 2 heteroatoms. The van der Waals surface area contributed by atoms with E-state index in [-0.39, 0.29) is 0 Å². The highest BCUT2D eigenvalue weighted by Gasteiger charge is 1.99. The second kappa shape index (κ2) is 3.67. The highest BCUT2D eigenvalue weighted by molar-refractivity contribution is 7.80. The van der Waals surface area contributed by atoms with E-state index in [1.54, 1.807) is 0 Å². The Morgan fingerprint density at radius 3 is 2.55 bits per heavy atom. The van der Waals surface area contributed by atoms with Crippen LogP contribution in [0.1, 0.15) is 5.56 Å². The summed E-state index contributed by atoms with van der Waals surface area (Å²) in [4.78, 5) is 2.11. The molecular weight excluding hydrogens is 154 g/mol. The van der Waals surface area contributed by atoms with Crippen LogP contribution in [-0.2, 0) is 0 Å². The molecule has 0 bridgehead atoms. The van der Waals surface area contributed by atoms with Crippen molar-refractivity contribution in [3.8, 4) is 0 Å². The lowest BCUT2D eigenvalue weighted by molar-refractivity contribution is 1.09. The van der Waals surface area contributed by atoms with E-state index in [1.165, 1.54) is 11.3 Å². The minimum Gasteiger partial charge on any atom is -0.365 e. The number of hydrogen-bond donors (Lipinski definition) is 1. The summed E-state index contributed by atoms with van der Waals surface area (Å²) in [5.41, 5.74) is 2.55. The smallest absolute Gasteiger partial charge is 0.0607 e. The Labute approximate surface area is 73.4 Å². The van der Waals surface area contributed by atoms with E-state index in [2.05, 4.69) is 36.6 Å². The first kappa shape index (κ1) is 8.47. The van der Waals surface area contributed by atoms with Gasteiger partial charge in [-0.3, -0.25) is 0 Å². The number of thiol groups is 1. The Morgan fingerprint density at radius 1 is 1.36 bits per heavy atom. The van der Waals surface area contributed by atoms with Gasteiger partial charge >= 0.3 is 0 Å². The first-order valence-electron chi connectivity index (χ1n) is 3.63. The van der Waals surface area contributed by atoms with Crippen LogP contribution in [-0.4, -0.2) is 12.9 Å².